The van der Waals surface area contributed by atoms with Crippen molar-refractivity contribution < 1.29 is 4.79 Å². The van der Waals surface area contributed by atoms with Crippen molar-refractivity contribution in [3.63, 3.8) is 0 Å². The molecule has 5 nitrogen and oxygen atoms in total. The van der Waals surface area contributed by atoms with Crippen LogP contribution in [0.5, 0.6) is 0 Å². The van der Waals surface area contributed by atoms with Crippen LogP contribution in [0.3, 0.4) is 0 Å². The summed E-state index contributed by atoms with van der Waals surface area (Å²) in [5.41, 5.74) is 7.45. The Labute approximate surface area is 110 Å². The van der Waals surface area contributed by atoms with Gasteiger partial charge in [0.15, 0.2) is 0 Å². The van der Waals surface area contributed by atoms with Gasteiger partial charge in [0, 0.05) is 18.9 Å². The van der Waals surface area contributed by atoms with Crippen LogP contribution in [0.1, 0.15) is 16.1 Å². The highest BCUT2D eigenvalue weighted by Gasteiger charge is 2.10. The van der Waals surface area contributed by atoms with E-state index in [1.807, 2.05) is 24.1 Å². The number of rotatable bonds is 3. The normalized spacial score (nSPS) is 9.68. The van der Waals surface area contributed by atoms with Crippen molar-refractivity contribution >= 4 is 17.3 Å². The number of nitrogens with zero attached hydrogens (tertiary/aromatic N) is 3. The first kappa shape index (κ1) is 12.6. The summed E-state index contributed by atoms with van der Waals surface area (Å²) >= 11 is 0. The molecule has 5 heteroatoms. The highest BCUT2D eigenvalue weighted by molar-refractivity contribution is 5.92. The van der Waals surface area contributed by atoms with E-state index < -0.39 is 5.91 Å². The SMILES string of the molecule is CN(c1ccnc(C(N)=O)c1)c1ccccc1C#N. The first-order chi connectivity index (χ1) is 9.13. The zero-order chi connectivity index (χ0) is 13.8. The Bertz CT molecular complexity index is 660. The van der Waals surface area contributed by atoms with Crippen LogP contribution in [0.2, 0.25) is 0 Å². The fourth-order valence-electron chi connectivity index (χ4n) is 1.76. The van der Waals surface area contributed by atoms with Crippen molar-refractivity contribution in [2.45, 2.75) is 0 Å². The second kappa shape index (κ2) is 5.19. The monoisotopic (exact) mass is 252 g/mol. The summed E-state index contributed by atoms with van der Waals surface area (Å²) in [5, 5.41) is 9.09. The highest BCUT2D eigenvalue weighted by Crippen LogP contribution is 2.26. The van der Waals surface area contributed by atoms with Gasteiger partial charge in [-0.1, -0.05) is 12.1 Å². The van der Waals surface area contributed by atoms with Crippen molar-refractivity contribution in [1.82, 2.24) is 4.98 Å². The molecule has 0 spiro atoms. The quantitative estimate of drug-likeness (QED) is 0.903. The van der Waals surface area contributed by atoms with E-state index in [0.717, 1.165) is 11.4 Å². The van der Waals surface area contributed by atoms with Crippen LogP contribution in [0.4, 0.5) is 11.4 Å². The molecule has 2 N–H and O–H groups in total. The van der Waals surface area contributed by atoms with Crippen molar-refractivity contribution in [2.75, 3.05) is 11.9 Å². The summed E-state index contributed by atoms with van der Waals surface area (Å²) in [6.07, 6.45) is 1.51. The highest BCUT2D eigenvalue weighted by atomic mass is 16.1. The van der Waals surface area contributed by atoms with Crippen LogP contribution in [0.15, 0.2) is 42.6 Å². The summed E-state index contributed by atoms with van der Waals surface area (Å²) in [5.74, 6) is -0.580. The molecule has 1 amide bonds. The van der Waals surface area contributed by atoms with Gasteiger partial charge in [0.1, 0.15) is 11.8 Å². The summed E-state index contributed by atoms with van der Waals surface area (Å²) in [6, 6.07) is 12.7. The molecule has 1 aromatic carbocycles. The third kappa shape index (κ3) is 2.53. The number of amides is 1. The number of nitrogens with two attached hydrogens (primary N) is 1. The van der Waals surface area contributed by atoms with Gasteiger partial charge < -0.3 is 10.6 Å². The van der Waals surface area contributed by atoms with E-state index in [4.69, 9.17) is 11.0 Å². The van der Waals surface area contributed by atoms with Gasteiger partial charge in [-0.15, -0.1) is 0 Å². The number of primary amides is 1. The minimum absolute atomic E-state index is 0.193. The molecule has 0 saturated heterocycles. The van der Waals surface area contributed by atoms with Gasteiger partial charge in [-0.2, -0.15) is 5.26 Å². The molecule has 94 valence electrons. The largest absolute Gasteiger partial charge is 0.364 e. The Hall–Kier alpha value is -2.87. The molecule has 0 aliphatic rings. The zero-order valence-electron chi connectivity index (χ0n) is 10.4. The van der Waals surface area contributed by atoms with Gasteiger partial charge >= 0.3 is 0 Å². The Morgan fingerprint density at radius 3 is 2.79 bits per heavy atom. The van der Waals surface area contributed by atoms with E-state index in [2.05, 4.69) is 11.1 Å². The van der Waals surface area contributed by atoms with E-state index in [-0.39, 0.29) is 5.69 Å². The van der Waals surface area contributed by atoms with E-state index >= 15 is 0 Å². The van der Waals surface area contributed by atoms with Crippen LogP contribution in [-0.2, 0) is 0 Å². The maximum absolute atomic E-state index is 11.1. The molecule has 2 aromatic rings. The first-order valence-corrected chi connectivity index (χ1v) is 5.62. The molecule has 19 heavy (non-hydrogen) atoms. The maximum Gasteiger partial charge on any atom is 0.267 e. The number of hydrogen-bond donors (Lipinski definition) is 1. The molecule has 1 heterocycles. The lowest BCUT2D eigenvalue weighted by atomic mass is 10.1. The third-order valence-corrected chi connectivity index (χ3v) is 2.77. The molecule has 2 rings (SSSR count). The number of carbonyl (C=O) groups excluding carboxylic acids is 1. The van der Waals surface area contributed by atoms with E-state index in [1.54, 1.807) is 24.3 Å². The molecule has 0 aliphatic carbocycles. The Kier molecular flexibility index (Phi) is 3.44. The summed E-state index contributed by atoms with van der Waals surface area (Å²) < 4.78 is 0. The summed E-state index contributed by atoms with van der Waals surface area (Å²) in [7, 11) is 1.82. The standard InChI is InChI=1S/C14H12N4O/c1-18(13-5-3-2-4-10(13)9-15)11-6-7-17-12(8-11)14(16)19/h2-8H,1H3,(H2,16,19). The minimum atomic E-state index is -0.580. The summed E-state index contributed by atoms with van der Waals surface area (Å²) in [6.45, 7) is 0. The topological polar surface area (TPSA) is 83.0 Å². The second-order valence-electron chi connectivity index (χ2n) is 3.95. The van der Waals surface area contributed by atoms with Crippen LogP contribution in [-0.4, -0.2) is 17.9 Å². The predicted molar refractivity (Wildman–Crippen MR) is 72.0 cm³/mol. The number of benzene rings is 1. The number of pyridine rings is 1. The van der Waals surface area contributed by atoms with E-state index in [9.17, 15) is 4.79 Å². The Morgan fingerprint density at radius 2 is 2.11 bits per heavy atom. The lowest BCUT2D eigenvalue weighted by Crippen LogP contribution is -2.16. The number of carbonyl (C=O) groups is 1. The van der Waals surface area contributed by atoms with Crippen molar-refractivity contribution in [2.24, 2.45) is 5.73 Å². The molecule has 0 aliphatic heterocycles. The smallest absolute Gasteiger partial charge is 0.267 e. The van der Waals surface area contributed by atoms with Crippen LogP contribution >= 0.6 is 0 Å². The molecule has 0 unspecified atom stereocenters. The van der Waals surface area contributed by atoms with Gasteiger partial charge in [-0.3, -0.25) is 9.78 Å². The lowest BCUT2D eigenvalue weighted by molar-refractivity contribution is 0.0995. The zero-order valence-corrected chi connectivity index (χ0v) is 10.4. The van der Waals surface area contributed by atoms with Gasteiger partial charge in [-0.25, -0.2) is 0 Å². The number of para-hydroxylation sites is 1. The lowest BCUT2D eigenvalue weighted by Gasteiger charge is -2.20. The van der Waals surface area contributed by atoms with Crippen molar-refractivity contribution in [3.8, 4) is 6.07 Å². The molecule has 0 radical (unpaired) electrons. The maximum atomic E-state index is 11.1. The molecule has 0 bridgehead atoms. The molecule has 0 saturated carbocycles. The van der Waals surface area contributed by atoms with Crippen LogP contribution in [0, 0.1) is 11.3 Å². The Morgan fingerprint density at radius 1 is 1.37 bits per heavy atom. The number of aromatic nitrogens is 1. The van der Waals surface area contributed by atoms with Crippen LogP contribution in [0.25, 0.3) is 0 Å². The van der Waals surface area contributed by atoms with Gasteiger partial charge in [-0.05, 0) is 24.3 Å². The second-order valence-corrected chi connectivity index (χ2v) is 3.95. The number of anilines is 2. The summed E-state index contributed by atoms with van der Waals surface area (Å²) in [4.78, 5) is 16.8. The fraction of sp³-hybridized carbons (Fsp3) is 0.0714. The third-order valence-electron chi connectivity index (χ3n) is 2.77. The number of nitriles is 1. The average Bonchev–Trinajstić information content (AvgIpc) is 2.46. The average molecular weight is 252 g/mol. The predicted octanol–water partition coefficient (Wildman–Crippen LogP) is 1.82. The molecular weight excluding hydrogens is 240 g/mol. The first-order valence-electron chi connectivity index (χ1n) is 5.62. The van der Waals surface area contributed by atoms with E-state index in [0.29, 0.717) is 5.56 Å². The van der Waals surface area contributed by atoms with Crippen molar-refractivity contribution in [3.05, 3.63) is 53.9 Å². The van der Waals surface area contributed by atoms with Crippen LogP contribution < -0.4 is 10.6 Å². The molecule has 0 fully saturated rings. The fourth-order valence-corrected chi connectivity index (χ4v) is 1.76. The van der Waals surface area contributed by atoms with Gasteiger partial charge in [0.25, 0.3) is 5.91 Å². The number of hydrogen-bond acceptors (Lipinski definition) is 4. The van der Waals surface area contributed by atoms with Gasteiger partial charge in [0.2, 0.25) is 0 Å². The molecular formula is C14H12N4O. The molecule has 1 aromatic heterocycles. The van der Waals surface area contributed by atoms with Crippen molar-refractivity contribution in [1.29, 1.82) is 5.26 Å². The van der Waals surface area contributed by atoms with Gasteiger partial charge in [0.05, 0.1) is 11.3 Å². The van der Waals surface area contributed by atoms with E-state index in [1.165, 1.54) is 6.20 Å². The Balaban J connectivity index is 2.44. The molecule has 0 atom stereocenters. The minimum Gasteiger partial charge on any atom is -0.364 e.